The molecule has 3 heterocycles. The van der Waals surface area contributed by atoms with Crippen molar-refractivity contribution in [2.75, 3.05) is 36.0 Å². The summed E-state index contributed by atoms with van der Waals surface area (Å²) < 4.78 is 39.9. The van der Waals surface area contributed by atoms with Crippen molar-refractivity contribution in [3.05, 3.63) is 4.47 Å². The van der Waals surface area contributed by atoms with Crippen LogP contribution in [0.3, 0.4) is 0 Å². The molecule has 10 heteroatoms. The number of nitrogens with zero attached hydrogens (tertiary/aromatic N) is 4. The van der Waals surface area contributed by atoms with E-state index in [2.05, 4.69) is 49.2 Å². The molecular formula is C15H26BrClN4O4. The minimum atomic E-state index is -4.94. The molecule has 0 amide bonds. The summed E-state index contributed by atoms with van der Waals surface area (Å²) in [6.45, 7) is 4.76. The van der Waals surface area contributed by atoms with Gasteiger partial charge in [-0.1, -0.05) is 0 Å². The fourth-order valence-electron chi connectivity index (χ4n) is 3.57. The van der Waals surface area contributed by atoms with E-state index in [1.807, 2.05) is 0 Å². The summed E-state index contributed by atoms with van der Waals surface area (Å²) in [6, 6.07) is 0. The Bertz CT molecular complexity index is 519. The van der Waals surface area contributed by atoms with Crippen molar-refractivity contribution in [2.24, 2.45) is 14.1 Å². The third kappa shape index (κ3) is 5.70. The van der Waals surface area contributed by atoms with Crippen LogP contribution in [0.2, 0.25) is 0 Å². The third-order valence-corrected chi connectivity index (χ3v) is 5.48. The van der Waals surface area contributed by atoms with Crippen molar-refractivity contribution in [3.8, 4) is 0 Å². The zero-order chi connectivity index (χ0) is 18.6. The molecule has 3 rings (SSSR count). The van der Waals surface area contributed by atoms with Gasteiger partial charge in [-0.25, -0.2) is 23.3 Å². The smallest absolute Gasteiger partial charge is 0.313 e. The summed E-state index contributed by atoms with van der Waals surface area (Å²) in [4.78, 5) is 5.09. The highest BCUT2D eigenvalue weighted by atomic mass is 79.9. The van der Waals surface area contributed by atoms with Crippen molar-refractivity contribution >= 4 is 27.6 Å². The van der Waals surface area contributed by atoms with Crippen LogP contribution >= 0.6 is 15.9 Å². The maximum absolute atomic E-state index is 8.49. The fraction of sp³-hybridized carbons (Fsp3) is 0.800. The molecule has 0 spiro atoms. The predicted octanol–water partition coefficient (Wildman–Crippen LogP) is -2.16. The van der Waals surface area contributed by atoms with Crippen LogP contribution in [0.5, 0.6) is 0 Å². The first-order chi connectivity index (χ1) is 11.7. The van der Waals surface area contributed by atoms with Crippen molar-refractivity contribution in [3.63, 3.8) is 0 Å². The van der Waals surface area contributed by atoms with Crippen LogP contribution in [-0.4, -0.2) is 30.9 Å². The van der Waals surface area contributed by atoms with E-state index in [4.69, 9.17) is 18.6 Å². The van der Waals surface area contributed by atoms with Gasteiger partial charge in [0.15, 0.2) is 10.3 Å². The molecule has 8 nitrogen and oxygen atoms in total. The van der Waals surface area contributed by atoms with E-state index in [1.165, 1.54) is 80.8 Å². The average Bonchev–Trinajstić information content (AvgIpc) is 2.77. The van der Waals surface area contributed by atoms with E-state index in [9.17, 15) is 0 Å². The van der Waals surface area contributed by atoms with Gasteiger partial charge in [0.25, 0.3) is 0 Å². The molecule has 0 aromatic carbocycles. The van der Waals surface area contributed by atoms with Crippen LogP contribution < -0.4 is 33.1 Å². The molecule has 2 fully saturated rings. The quantitative estimate of drug-likeness (QED) is 0.484. The normalized spacial score (nSPS) is 18.8. The van der Waals surface area contributed by atoms with Gasteiger partial charge < -0.3 is 4.90 Å². The van der Waals surface area contributed by atoms with Crippen molar-refractivity contribution in [1.29, 1.82) is 0 Å². The van der Waals surface area contributed by atoms with Gasteiger partial charge in [0.2, 0.25) is 0 Å². The van der Waals surface area contributed by atoms with Crippen LogP contribution in [0.4, 0.5) is 11.6 Å². The summed E-state index contributed by atoms with van der Waals surface area (Å²) in [7, 11) is -0.579. The average molecular weight is 442 g/mol. The van der Waals surface area contributed by atoms with Gasteiger partial charge >= 0.3 is 5.82 Å². The number of anilines is 2. The highest BCUT2D eigenvalue weighted by Gasteiger charge is 2.32. The largest absolute Gasteiger partial charge is 0.354 e. The van der Waals surface area contributed by atoms with Crippen molar-refractivity contribution < 1.29 is 33.6 Å². The summed E-state index contributed by atoms with van der Waals surface area (Å²) >= 11 is 3.90. The Balaban J connectivity index is 0.000000399. The molecule has 2 aliphatic heterocycles. The first-order valence-electron chi connectivity index (χ1n) is 8.56. The molecular weight excluding hydrogens is 416 g/mol. The lowest BCUT2D eigenvalue weighted by Gasteiger charge is -2.28. The number of aromatic nitrogens is 2. The van der Waals surface area contributed by atoms with Gasteiger partial charge in [-0.3, -0.25) is 4.90 Å². The van der Waals surface area contributed by atoms with E-state index in [-0.39, 0.29) is 0 Å². The zero-order valence-electron chi connectivity index (χ0n) is 14.7. The van der Waals surface area contributed by atoms with E-state index in [0.717, 1.165) is 0 Å². The van der Waals surface area contributed by atoms with E-state index >= 15 is 0 Å². The van der Waals surface area contributed by atoms with Gasteiger partial charge in [-0.05, 0) is 54.5 Å². The van der Waals surface area contributed by atoms with Gasteiger partial charge in [0, 0.05) is 20.1 Å². The molecule has 0 bridgehead atoms. The van der Waals surface area contributed by atoms with Crippen molar-refractivity contribution in [2.45, 2.75) is 38.5 Å². The zero-order valence-corrected chi connectivity index (χ0v) is 17.1. The molecule has 0 radical (unpaired) electrons. The number of piperidine rings is 2. The topological polar surface area (TPSA) is 108 Å². The van der Waals surface area contributed by atoms with Crippen LogP contribution in [-0.2, 0) is 14.1 Å². The number of rotatable bonds is 2. The molecule has 0 N–H and O–H groups in total. The molecule has 1 aromatic heterocycles. The lowest BCUT2D eigenvalue weighted by Crippen LogP contribution is -2.68. The van der Waals surface area contributed by atoms with Crippen LogP contribution in [0.1, 0.15) is 38.5 Å². The third-order valence-electron chi connectivity index (χ3n) is 4.77. The summed E-state index contributed by atoms with van der Waals surface area (Å²) in [5.41, 5.74) is 0. The summed E-state index contributed by atoms with van der Waals surface area (Å²) in [5, 5.41) is 0. The lowest BCUT2D eigenvalue weighted by atomic mass is 10.1. The van der Waals surface area contributed by atoms with Gasteiger partial charge in [0.05, 0.1) is 13.1 Å². The second-order valence-corrected chi connectivity index (χ2v) is 8.03. The SMILES string of the molecule is Cn1c(N2CCCCC2)c(Br)c(N2CCCCC2)[n+]1C.[O-][Cl+3]([O-])([O-])[O-]. The molecule has 2 saturated heterocycles. The van der Waals surface area contributed by atoms with Crippen LogP contribution in [0.25, 0.3) is 0 Å². The number of hydrogen-bond acceptors (Lipinski definition) is 6. The van der Waals surface area contributed by atoms with E-state index in [0.29, 0.717) is 0 Å². The maximum atomic E-state index is 8.49. The Morgan fingerprint density at radius 3 is 1.68 bits per heavy atom. The highest BCUT2D eigenvalue weighted by molar-refractivity contribution is 9.10. The first kappa shape index (κ1) is 20.7. The minimum Gasteiger partial charge on any atom is -0.354 e. The van der Waals surface area contributed by atoms with Gasteiger partial charge in [-0.15, -0.1) is 10.2 Å². The van der Waals surface area contributed by atoms with E-state index < -0.39 is 10.2 Å². The predicted molar refractivity (Wildman–Crippen MR) is 86.4 cm³/mol. The molecule has 0 atom stereocenters. The Morgan fingerprint density at radius 2 is 1.24 bits per heavy atom. The Morgan fingerprint density at radius 1 is 0.840 bits per heavy atom. The second-order valence-electron chi connectivity index (χ2n) is 6.48. The number of halogens is 2. The lowest BCUT2D eigenvalue weighted by molar-refractivity contribution is -2.00. The fourth-order valence-corrected chi connectivity index (χ4v) is 4.58. The van der Waals surface area contributed by atoms with Crippen LogP contribution in [0, 0.1) is 10.2 Å². The molecule has 0 unspecified atom stereocenters. The monoisotopic (exact) mass is 440 g/mol. The minimum absolute atomic E-state index is 1.19. The number of hydrogen-bond donors (Lipinski definition) is 0. The summed E-state index contributed by atoms with van der Waals surface area (Å²) in [6.07, 6.45) is 8.04. The molecule has 2 aliphatic rings. The summed E-state index contributed by atoms with van der Waals surface area (Å²) in [5.74, 6) is 2.71. The second kappa shape index (κ2) is 8.88. The molecule has 144 valence electrons. The standard InChI is InChI=1S/C15H26BrN4.ClHO4/c1-17-14(19-9-5-3-6-10-19)13(16)15(18(17)2)20-11-7-4-8-12-20;2-1(3,4)5/h3-12H2,1-2H3;(H,2,3,4,5)/q+1;/p-1. The van der Waals surface area contributed by atoms with Crippen molar-refractivity contribution in [1.82, 2.24) is 4.68 Å². The van der Waals surface area contributed by atoms with Crippen LogP contribution in [0.15, 0.2) is 4.47 Å². The Labute approximate surface area is 159 Å². The molecule has 0 saturated carbocycles. The van der Waals surface area contributed by atoms with E-state index in [1.54, 1.807) is 0 Å². The Hall–Kier alpha value is -0.580. The van der Waals surface area contributed by atoms with Gasteiger partial charge in [-0.2, -0.15) is 4.68 Å². The molecule has 1 aromatic rings. The molecule has 0 aliphatic carbocycles. The first-order valence-corrected chi connectivity index (χ1v) is 10.6. The molecule has 25 heavy (non-hydrogen) atoms. The Kier molecular flexibility index (Phi) is 7.36. The van der Waals surface area contributed by atoms with Gasteiger partial charge in [0.1, 0.15) is 7.05 Å². The maximum Gasteiger partial charge on any atom is 0.313 e. The highest BCUT2D eigenvalue weighted by Crippen LogP contribution is 2.35.